The van der Waals surface area contributed by atoms with E-state index >= 15 is 0 Å². The fourth-order valence-electron chi connectivity index (χ4n) is 3.56. The Morgan fingerprint density at radius 3 is 2.48 bits per heavy atom. The summed E-state index contributed by atoms with van der Waals surface area (Å²) in [5.41, 5.74) is 0.893. The highest BCUT2D eigenvalue weighted by molar-refractivity contribution is 6.31. The second-order valence-corrected chi connectivity index (χ2v) is 8.41. The van der Waals surface area contributed by atoms with Gasteiger partial charge in [-0.15, -0.1) is 0 Å². The van der Waals surface area contributed by atoms with Crippen molar-refractivity contribution in [1.82, 2.24) is 5.32 Å². The first kappa shape index (κ1) is 15.3. The Bertz CT molecular complexity index is 504. The van der Waals surface area contributed by atoms with Crippen LogP contribution in [-0.2, 0) is 5.41 Å². The lowest BCUT2D eigenvalue weighted by atomic mass is 9.52. The molecule has 0 aromatic heterocycles. The predicted octanol–water partition coefficient (Wildman–Crippen LogP) is 4.93. The molecule has 3 heteroatoms. The van der Waals surface area contributed by atoms with Crippen molar-refractivity contribution in [3.8, 4) is 0 Å². The van der Waals surface area contributed by atoms with Crippen molar-refractivity contribution in [2.45, 2.75) is 57.9 Å². The highest BCUT2D eigenvalue weighted by Gasteiger charge is 2.51. The van der Waals surface area contributed by atoms with Crippen LogP contribution >= 0.6 is 11.6 Å². The molecule has 2 saturated carbocycles. The van der Waals surface area contributed by atoms with E-state index in [1.807, 2.05) is 6.07 Å². The van der Waals surface area contributed by atoms with E-state index in [1.165, 1.54) is 12.8 Å². The Balaban J connectivity index is 1.86. The van der Waals surface area contributed by atoms with E-state index in [-0.39, 0.29) is 16.6 Å². The lowest BCUT2D eigenvalue weighted by molar-refractivity contribution is 0.0425. The van der Waals surface area contributed by atoms with E-state index in [2.05, 4.69) is 26.1 Å². The molecule has 2 aliphatic carbocycles. The molecule has 0 unspecified atom stereocenters. The summed E-state index contributed by atoms with van der Waals surface area (Å²) in [6.45, 7) is 7.68. The van der Waals surface area contributed by atoms with Gasteiger partial charge in [-0.1, -0.05) is 38.4 Å². The zero-order valence-electron chi connectivity index (χ0n) is 13.2. The van der Waals surface area contributed by atoms with Gasteiger partial charge in [-0.2, -0.15) is 0 Å². The highest BCUT2D eigenvalue weighted by atomic mass is 35.5. The van der Waals surface area contributed by atoms with Crippen LogP contribution < -0.4 is 5.32 Å². The third-order valence-corrected chi connectivity index (χ3v) is 5.61. The van der Waals surface area contributed by atoms with Gasteiger partial charge in [0.05, 0.1) is 0 Å². The molecular weight excluding hydrogens is 285 g/mol. The van der Waals surface area contributed by atoms with Gasteiger partial charge in [0.1, 0.15) is 5.82 Å². The van der Waals surface area contributed by atoms with Gasteiger partial charge in [-0.25, -0.2) is 4.39 Å². The van der Waals surface area contributed by atoms with Crippen molar-refractivity contribution in [3.05, 3.63) is 34.6 Å². The van der Waals surface area contributed by atoms with E-state index in [0.29, 0.717) is 17.0 Å². The predicted molar refractivity (Wildman–Crippen MR) is 86.3 cm³/mol. The van der Waals surface area contributed by atoms with Gasteiger partial charge in [0.2, 0.25) is 0 Å². The maximum Gasteiger partial charge on any atom is 0.128 e. The molecule has 0 amide bonds. The van der Waals surface area contributed by atoms with E-state index in [1.54, 1.807) is 12.1 Å². The van der Waals surface area contributed by atoms with Crippen molar-refractivity contribution in [2.75, 3.05) is 6.54 Å². The molecule has 0 bridgehead atoms. The quantitative estimate of drug-likeness (QED) is 0.832. The Kier molecular flexibility index (Phi) is 3.82. The van der Waals surface area contributed by atoms with E-state index in [0.717, 1.165) is 24.9 Å². The van der Waals surface area contributed by atoms with E-state index < -0.39 is 0 Å². The number of hydrogen-bond donors (Lipinski definition) is 1. The first-order valence-corrected chi connectivity index (χ1v) is 8.37. The third kappa shape index (κ3) is 2.98. The molecule has 2 aliphatic rings. The van der Waals surface area contributed by atoms with Crippen molar-refractivity contribution in [2.24, 2.45) is 11.3 Å². The summed E-state index contributed by atoms with van der Waals surface area (Å²) in [6.07, 6.45) is 4.56. The summed E-state index contributed by atoms with van der Waals surface area (Å²) in [5.74, 6) is 0.488. The van der Waals surface area contributed by atoms with Crippen molar-refractivity contribution < 1.29 is 4.39 Å². The molecule has 0 saturated heterocycles. The topological polar surface area (TPSA) is 12.0 Å². The van der Waals surface area contributed by atoms with Gasteiger partial charge in [0.15, 0.2) is 0 Å². The average molecular weight is 310 g/mol. The number of nitrogens with one attached hydrogen (secondary N) is 1. The Labute approximate surface area is 132 Å². The van der Waals surface area contributed by atoms with Gasteiger partial charge in [-0.3, -0.25) is 0 Å². The minimum absolute atomic E-state index is 0.122. The number of hydrogen-bond acceptors (Lipinski definition) is 1. The van der Waals surface area contributed by atoms with Crippen LogP contribution in [0.25, 0.3) is 0 Å². The normalized spacial score (nSPS) is 29.3. The number of benzene rings is 1. The summed E-state index contributed by atoms with van der Waals surface area (Å²) in [4.78, 5) is 0. The van der Waals surface area contributed by atoms with Gasteiger partial charge in [-0.05, 0) is 49.1 Å². The molecule has 0 radical (unpaired) electrons. The van der Waals surface area contributed by atoms with Crippen LogP contribution in [0.4, 0.5) is 4.39 Å². The second-order valence-electron chi connectivity index (χ2n) is 8.00. The monoisotopic (exact) mass is 309 g/mol. The van der Waals surface area contributed by atoms with E-state index in [4.69, 9.17) is 11.6 Å². The Morgan fingerprint density at radius 1 is 1.29 bits per heavy atom. The van der Waals surface area contributed by atoms with Crippen LogP contribution in [0, 0.1) is 17.2 Å². The molecule has 1 nitrogen and oxygen atoms in total. The molecule has 0 heterocycles. The lowest BCUT2D eigenvalue weighted by Crippen LogP contribution is -2.53. The van der Waals surface area contributed by atoms with Crippen molar-refractivity contribution >= 4 is 11.6 Å². The molecule has 1 aromatic rings. The van der Waals surface area contributed by atoms with Gasteiger partial charge >= 0.3 is 0 Å². The minimum atomic E-state index is -0.146. The number of halogens is 2. The molecule has 116 valence electrons. The zero-order valence-corrected chi connectivity index (χ0v) is 13.9. The smallest absolute Gasteiger partial charge is 0.128 e. The Hall–Kier alpha value is -0.600. The standard InChI is InChI=1S/C18H25ClFN/c1-17(2,3)12-9-18(10-12,11-21-13-7-8-13)16-14(19)5-4-6-15(16)20/h4-6,12-13,21H,7-11H2,1-3H3. The molecule has 21 heavy (non-hydrogen) atoms. The molecule has 0 atom stereocenters. The average Bonchev–Trinajstić information content (AvgIpc) is 3.12. The second kappa shape index (κ2) is 5.24. The summed E-state index contributed by atoms with van der Waals surface area (Å²) in [6, 6.07) is 5.71. The summed E-state index contributed by atoms with van der Waals surface area (Å²) in [5, 5.41) is 4.18. The van der Waals surface area contributed by atoms with Crippen LogP contribution in [0.5, 0.6) is 0 Å². The maximum absolute atomic E-state index is 14.4. The summed E-state index contributed by atoms with van der Waals surface area (Å²) in [7, 11) is 0. The van der Waals surface area contributed by atoms with Gasteiger partial charge < -0.3 is 5.32 Å². The molecular formula is C18H25ClFN. The molecule has 2 fully saturated rings. The largest absolute Gasteiger partial charge is 0.313 e. The first-order chi connectivity index (χ1) is 9.82. The van der Waals surface area contributed by atoms with Crippen LogP contribution in [0.3, 0.4) is 0 Å². The maximum atomic E-state index is 14.4. The fraction of sp³-hybridized carbons (Fsp3) is 0.667. The Morgan fingerprint density at radius 2 is 1.95 bits per heavy atom. The highest BCUT2D eigenvalue weighted by Crippen LogP contribution is 2.56. The summed E-state index contributed by atoms with van der Waals surface area (Å²) < 4.78 is 14.4. The lowest BCUT2D eigenvalue weighted by Gasteiger charge is -2.53. The molecule has 3 rings (SSSR count). The first-order valence-electron chi connectivity index (χ1n) is 8.00. The van der Waals surface area contributed by atoms with Gasteiger partial charge in [0.25, 0.3) is 0 Å². The molecule has 0 aliphatic heterocycles. The minimum Gasteiger partial charge on any atom is -0.313 e. The van der Waals surface area contributed by atoms with Gasteiger partial charge in [0, 0.05) is 28.6 Å². The number of rotatable bonds is 4. The van der Waals surface area contributed by atoms with Crippen LogP contribution in [0.2, 0.25) is 5.02 Å². The van der Waals surface area contributed by atoms with Crippen molar-refractivity contribution in [3.63, 3.8) is 0 Å². The van der Waals surface area contributed by atoms with Crippen LogP contribution in [-0.4, -0.2) is 12.6 Å². The van der Waals surface area contributed by atoms with E-state index in [9.17, 15) is 4.39 Å². The van der Waals surface area contributed by atoms with Crippen LogP contribution in [0.15, 0.2) is 18.2 Å². The zero-order chi connectivity index (χ0) is 15.3. The molecule has 0 spiro atoms. The molecule has 1 N–H and O–H groups in total. The SMILES string of the molecule is CC(C)(C)C1CC(CNC2CC2)(c2c(F)cccc2Cl)C1. The molecule has 1 aromatic carbocycles. The summed E-state index contributed by atoms with van der Waals surface area (Å²) >= 11 is 6.35. The third-order valence-electron chi connectivity index (χ3n) is 5.30. The fourth-order valence-corrected chi connectivity index (χ4v) is 3.93. The van der Waals surface area contributed by atoms with Crippen molar-refractivity contribution in [1.29, 1.82) is 0 Å². The van der Waals surface area contributed by atoms with Crippen LogP contribution in [0.1, 0.15) is 52.0 Å².